The number of rotatable bonds is 6. The van der Waals surface area contributed by atoms with E-state index in [9.17, 15) is 4.79 Å². The van der Waals surface area contributed by atoms with Gasteiger partial charge >= 0.3 is 5.97 Å². The highest BCUT2D eigenvalue weighted by Crippen LogP contribution is 2.35. The van der Waals surface area contributed by atoms with Crippen LogP contribution in [0.4, 0.5) is 0 Å². The summed E-state index contributed by atoms with van der Waals surface area (Å²) in [5, 5.41) is 8.48. The summed E-state index contributed by atoms with van der Waals surface area (Å²) in [5.41, 5.74) is 1.05. The van der Waals surface area contributed by atoms with Crippen LogP contribution in [-0.4, -0.2) is 34.7 Å². The lowest BCUT2D eigenvalue weighted by Gasteiger charge is -2.22. The fourth-order valence-electron chi connectivity index (χ4n) is 2.37. The minimum Gasteiger partial charge on any atom is -0.491 e. The number of hydrogen-bond acceptors (Lipinski definition) is 5. The molecule has 7 heteroatoms. The SMILES string of the molecule is COC(=O)C(C)(C)COc1ccc2c(nnn2CC2CC2)c1Br. The van der Waals surface area contributed by atoms with E-state index in [4.69, 9.17) is 9.47 Å². The Bertz CT molecular complexity index is 737. The highest BCUT2D eigenvalue weighted by atomic mass is 79.9. The minimum atomic E-state index is -0.716. The minimum absolute atomic E-state index is 0.222. The van der Waals surface area contributed by atoms with Crippen molar-refractivity contribution in [3.05, 3.63) is 16.6 Å². The Morgan fingerprint density at radius 2 is 2.17 bits per heavy atom. The molecule has 1 heterocycles. The first-order chi connectivity index (χ1) is 10.9. The number of fused-ring (bicyclic) bond motifs is 1. The normalized spacial score (nSPS) is 15.0. The number of ether oxygens (including phenoxy) is 2. The van der Waals surface area contributed by atoms with Gasteiger partial charge in [-0.25, -0.2) is 4.68 Å². The second-order valence-electron chi connectivity index (χ2n) is 6.62. The van der Waals surface area contributed by atoms with Crippen molar-refractivity contribution < 1.29 is 14.3 Å². The summed E-state index contributed by atoms with van der Waals surface area (Å²) in [4.78, 5) is 11.7. The van der Waals surface area contributed by atoms with Crippen molar-refractivity contribution in [2.24, 2.45) is 11.3 Å². The molecule has 1 fully saturated rings. The smallest absolute Gasteiger partial charge is 0.314 e. The molecular formula is C16H20BrN3O3. The van der Waals surface area contributed by atoms with Gasteiger partial charge < -0.3 is 9.47 Å². The maximum absolute atomic E-state index is 11.7. The molecule has 1 saturated carbocycles. The van der Waals surface area contributed by atoms with Crippen LogP contribution in [0.2, 0.25) is 0 Å². The molecule has 1 aromatic carbocycles. The number of halogens is 1. The number of benzene rings is 1. The van der Waals surface area contributed by atoms with E-state index in [1.54, 1.807) is 13.8 Å². The molecule has 6 nitrogen and oxygen atoms in total. The molecule has 124 valence electrons. The Balaban J connectivity index is 1.79. The first-order valence-electron chi connectivity index (χ1n) is 7.65. The van der Waals surface area contributed by atoms with Crippen LogP contribution in [-0.2, 0) is 16.1 Å². The van der Waals surface area contributed by atoms with E-state index in [1.807, 2.05) is 16.8 Å². The van der Waals surface area contributed by atoms with Gasteiger partial charge in [0, 0.05) is 6.54 Å². The molecule has 2 aromatic rings. The molecule has 0 atom stereocenters. The zero-order valence-electron chi connectivity index (χ0n) is 13.5. The molecule has 0 radical (unpaired) electrons. The summed E-state index contributed by atoms with van der Waals surface area (Å²) in [6.07, 6.45) is 2.54. The van der Waals surface area contributed by atoms with Crippen molar-refractivity contribution in [1.82, 2.24) is 15.0 Å². The molecule has 1 aliphatic rings. The molecule has 0 saturated heterocycles. The fourth-order valence-corrected chi connectivity index (χ4v) is 2.90. The van der Waals surface area contributed by atoms with Crippen molar-refractivity contribution in [1.29, 1.82) is 0 Å². The number of methoxy groups -OCH3 is 1. The quantitative estimate of drug-likeness (QED) is 0.718. The lowest BCUT2D eigenvalue weighted by molar-refractivity contribution is -0.152. The van der Waals surface area contributed by atoms with Gasteiger partial charge in [0.2, 0.25) is 0 Å². The first-order valence-corrected chi connectivity index (χ1v) is 8.44. The molecule has 1 aliphatic carbocycles. The summed E-state index contributed by atoms with van der Waals surface area (Å²) in [6.45, 7) is 4.72. The average molecular weight is 382 g/mol. The van der Waals surface area contributed by atoms with Crippen molar-refractivity contribution in [3.8, 4) is 5.75 Å². The molecule has 23 heavy (non-hydrogen) atoms. The van der Waals surface area contributed by atoms with Crippen molar-refractivity contribution in [3.63, 3.8) is 0 Å². The van der Waals surface area contributed by atoms with Crippen LogP contribution < -0.4 is 4.74 Å². The van der Waals surface area contributed by atoms with Crippen LogP contribution in [0.5, 0.6) is 5.75 Å². The molecule has 0 aliphatic heterocycles. The maximum atomic E-state index is 11.7. The molecular weight excluding hydrogens is 362 g/mol. The average Bonchev–Trinajstić information content (AvgIpc) is 3.25. The zero-order valence-corrected chi connectivity index (χ0v) is 15.1. The predicted molar refractivity (Wildman–Crippen MR) is 89.2 cm³/mol. The highest BCUT2D eigenvalue weighted by molar-refractivity contribution is 9.10. The maximum Gasteiger partial charge on any atom is 0.314 e. The second-order valence-corrected chi connectivity index (χ2v) is 7.42. The molecule has 0 unspecified atom stereocenters. The highest BCUT2D eigenvalue weighted by Gasteiger charge is 2.30. The summed E-state index contributed by atoms with van der Waals surface area (Å²) >= 11 is 3.54. The van der Waals surface area contributed by atoms with Gasteiger partial charge in [-0.3, -0.25) is 4.79 Å². The topological polar surface area (TPSA) is 66.2 Å². The second kappa shape index (κ2) is 6.11. The number of hydrogen-bond donors (Lipinski definition) is 0. The van der Waals surface area contributed by atoms with Gasteiger partial charge in [0.1, 0.15) is 17.9 Å². The number of carbonyl (C=O) groups excluding carboxylic acids is 1. The number of carbonyl (C=O) groups is 1. The van der Waals surface area contributed by atoms with Gasteiger partial charge in [-0.05, 0) is 60.7 Å². The Morgan fingerprint density at radius 1 is 1.43 bits per heavy atom. The van der Waals surface area contributed by atoms with Crippen LogP contribution in [0, 0.1) is 11.3 Å². The van der Waals surface area contributed by atoms with Crippen molar-refractivity contribution in [2.75, 3.05) is 13.7 Å². The van der Waals surface area contributed by atoms with Crippen LogP contribution in [0.3, 0.4) is 0 Å². The summed E-state index contributed by atoms with van der Waals surface area (Å²) < 4.78 is 13.3. The molecule has 0 spiro atoms. The Labute approximate surface area is 143 Å². The lowest BCUT2D eigenvalue weighted by Crippen LogP contribution is -2.32. The van der Waals surface area contributed by atoms with Gasteiger partial charge in [-0.1, -0.05) is 5.21 Å². The van der Waals surface area contributed by atoms with Gasteiger partial charge in [-0.2, -0.15) is 0 Å². The molecule has 1 aromatic heterocycles. The van der Waals surface area contributed by atoms with Crippen molar-refractivity contribution >= 4 is 32.9 Å². The number of esters is 1. The van der Waals surface area contributed by atoms with Gasteiger partial charge in [0.05, 0.1) is 22.5 Å². The Hall–Kier alpha value is -1.63. The van der Waals surface area contributed by atoms with Crippen molar-refractivity contribution in [2.45, 2.75) is 33.2 Å². The van der Waals surface area contributed by atoms with Gasteiger partial charge in [-0.15, -0.1) is 5.10 Å². The van der Waals surface area contributed by atoms with E-state index >= 15 is 0 Å². The van der Waals surface area contributed by atoms with E-state index in [2.05, 4.69) is 26.2 Å². The van der Waals surface area contributed by atoms with Crippen LogP contribution >= 0.6 is 15.9 Å². The fraction of sp³-hybridized carbons (Fsp3) is 0.562. The third-order valence-electron chi connectivity index (χ3n) is 4.04. The monoisotopic (exact) mass is 381 g/mol. The molecule has 0 amide bonds. The summed E-state index contributed by atoms with van der Waals surface area (Å²) in [5.74, 6) is 1.08. The predicted octanol–water partition coefficient (Wildman–Crippen LogP) is 3.18. The zero-order chi connectivity index (χ0) is 16.6. The van der Waals surface area contributed by atoms with E-state index in [0.717, 1.165) is 28.0 Å². The first kappa shape index (κ1) is 16.2. The van der Waals surface area contributed by atoms with Gasteiger partial charge in [0.15, 0.2) is 0 Å². The molecule has 3 rings (SSSR count). The lowest BCUT2D eigenvalue weighted by atomic mass is 9.95. The molecule has 0 N–H and O–H groups in total. The molecule has 0 bridgehead atoms. The third kappa shape index (κ3) is 3.34. The number of nitrogens with zero attached hydrogens (tertiary/aromatic N) is 3. The third-order valence-corrected chi connectivity index (χ3v) is 4.81. The largest absolute Gasteiger partial charge is 0.491 e. The standard InChI is InChI=1S/C16H20BrN3O3/c1-16(2,15(21)22-3)9-23-12-7-6-11-14(13(12)17)18-19-20(11)8-10-4-5-10/h6-7,10H,4-5,8-9H2,1-3H3. The Kier molecular flexibility index (Phi) is 4.31. The van der Waals surface area contributed by atoms with Crippen LogP contribution in [0.25, 0.3) is 11.0 Å². The van der Waals surface area contributed by atoms with Gasteiger partial charge in [0.25, 0.3) is 0 Å². The Morgan fingerprint density at radius 3 is 2.83 bits per heavy atom. The summed E-state index contributed by atoms with van der Waals surface area (Å²) in [6, 6.07) is 3.84. The van der Waals surface area contributed by atoms with E-state index in [-0.39, 0.29) is 12.6 Å². The van der Waals surface area contributed by atoms with Crippen LogP contribution in [0.1, 0.15) is 26.7 Å². The number of aromatic nitrogens is 3. The summed E-state index contributed by atoms with van der Waals surface area (Å²) in [7, 11) is 1.38. The van der Waals surface area contributed by atoms with E-state index in [1.165, 1.54) is 20.0 Å². The van der Waals surface area contributed by atoms with Crippen LogP contribution in [0.15, 0.2) is 16.6 Å². The van der Waals surface area contributed by atoms with E-state index < -0.39 is 5.41 Å². The van der Waals surface area contributed by atoms with E-state index in [0.29, 0.717) is 5.75 Å².